The lowest BCUT2D eigenvalue weighted by Gasteiger charge is -2.18. The molecule has 0 unspecified atom stereocenters. The molecule has 2 fully saturated rings. The van der Waals surface area contributed by atoms with Gasteiger partial charge in [-0.05, 0) is 30.7 Å². The van der Waals surface area contributed by atoms with Gasteiger partial charge in [-0.25, -0.2) is 9.97 Å². The number of hydrogen-bond acceptors (Lipinski definition) is 8. The van der Waals surface area contributed by atoms with Crippen molar-refractivity contribution in [1.82, 2.24) is 14.9 Å². The summed E-state index contributed by atoms with van der Waals surface area (Å²) in [5.41, 5.74) is 2.15. The van der Waals surface area contributed by atoms with Crippen molar-refractivity contribution >= 4 is 49.9 Å². The molecular weight excluding hydrogens is 538 g/mol. The van der Waals surface area contributed by atoms with Gasteiger partial charge in [-0.3, -0.25) is 9.69 Å². The molecule has 1 amide bonds. The first-order valence-electron chi connectivity index (χ1n) is 12.5. The molecule has 2 aliphatic rings. The van der Waals surface area contributed by atoms with Gasteiger partial charge in [0.05, 0.1) is 31.0 Å². The second-order valence-electron chi connectivity index (χ2n) is 8.98. The van der Waals surface area contributed by atoms with E-state index in [1.54, 1.807) is 6.08 Å². The monoisotopic (exact) mass is 567 g/mol. The fraction of sp³-hybridized carbons (Fsp3) is 0.370. The first-order valence-corrected chi connectivity index (χ1v) is 13.3. The molecule has 37 heavy (non-hydrogen) atoms. The van der Waals surface area contributed by atoms with Crippen LogP contribution in [0, 0.1) is 0 Å². The van der Waals surface area contributed by atoms with E-state index in [1.165, 1.54) is 6.33 Å². The highest BCUT2D eigenvalue weighted by molar-refractivity contribution is 9.10. The number of carbonyl (C=O) groups excluding carboxylic acids is 1. The van der Waals surface area contributed by atoms with Crippen LogP contribution >= 0.6 is 15.9 Å². The second kappa shape index (κ2) is 12.5. The molecule has 2 aromatic carbocycles. The number of nitrogens with zero attached hydrogens (tertiary/aromatic N) is 3. The Balaban J connectivity index is 1.39. The number of anilines is 3. The maximum atomic E-state index is 12.9. The molecule has 1 aromatic heterocycles. The maximum Gasteiger partial charge on any atom is 0.248 e. The highest BCUT2D eigenvalue weighted by Gasteiger charge is 2.21. The van der Waals surface area contributed by atoms with Crippen LogP contribution in [0.5, 0.6) is 5.75 Å². The number of aromatic nitrogens is 2. The number of halogens is 1. The van der Waals surface area contributed by atoms with Gasteiger partial charge in [-0.15, -0.1) is 0 Å². The molecule has 0 bridgehead atoms. The Kier molecular flexibility index (Phi) is 8.62. The van der Waals surface area contributed by atoms with Crippen molar-refractivity contribution in [2.24, 2.45) is 0 Å². The number of amides is 1. The highest BCUT2D eigenvalue weighted by Crippen LogP contribution is 2.35. The van der Waals surface area contributed by atoms with Crippen molar-refractivity contribution < 1.29 is 19.0 Å². The first-order chi connectivity index (χ1) is 18.1. The van der Waals surface area contributed by atoms with Gasteiger partial charge in [-0.1, -0.05) is 28.1 Å². The van der Waals surface area contributed by atoms with Crippen molar-refractivity contribution in [3.05, 3.63) is 59.4 Å². The molecule has 0 radical (unpaired) electrons. The van der Waals surface area contributed by atoms with Gasteiger partial charge < -0.3 is 24.8 Å². The highest BCUT2D eigenvalue weighted by atomic mass is 79.9. The zero-order valence-corrected chi connectivity index (χ0v) is 22.1. The molecule has 1 atom stereocenters. The smallest absolute Gasteiger partial charge is 0.248 e. The van der Waals surface area contributed by atoms with Crippen LogP contribution in [0.15, 0.2) is 59.4 Å². The number of nitrogens with one attached hydrogen (secondary N) is 2. The predicted octanol–water partition coefficient (Wildman–Crippen LogP) is 4.52. The third-order valence-corrected chi connectivity index (χ3v) is 6.70. The average molecular weight is 568 g/mol. The molecule has 2 aliphatic heterocycles. The standard InChI is InChI=1S/C27H30BrN5O4/c28-19-4-1-5-20(14-19)31-27-22-15-24(32-26(34)6-2-8-33-9-3-11-35-13-10-33)25(16-23(22)29-18-30-27)37-21-7-12-36-17-21/h1-2,4-6,14-16,18,21H,3,7-13,17H2,(H,32,34)(H,29,30,31)/b6-2+/t21-/m0/s1. The van der Waals surface area contributed by atoms with Crippen LogP contribution < -0.4 is 15.4 Å². The summed E-state index contributed by atoms with van der Waals surface area (Å²) in [4.78, 5) is 24.1. The zero-order chi connectivity index (χ0) is 25.5. The molecule has 2 saturated heterocycles. The van der Waals surface area contributed by atoms with Gasteiger partial charge in [0.15, 0.2) is 0 Å². The summed E-state index contributed by atoms with van der Waals surface area (Å²) >= 11 is 3.50. The van der Waals surface area contributed by atoms with Crippen LogP contribution in [-0.4, -0.2) is 72.9 Å². The minimum Gasteiger partial charge on any atom is -0.486 e. The van der Waals surface area contributed by atoms with Crippen molar-refractivity contribution in [2.75, 3.05) is 56.7 Å². The lowest BCUT2D eigenvalue weighted by molar-refractivity contribution is -0.111. The lowest BCUT2D eigenvalue weighted by atomic mass is 10.1. The Bertz CT molecular complexity index is 1260. The molecule has 0 saturated carbocycles. The Labute approximate surface area is 224 Å². The van der Waals surface area contributed by atoms with E-state index >= 15 is 0 Å². The van der Waals surface area contributed by atoms with Gasteiger partial charge in [0, 0.05) is 60.4 Å². The minimum absolute atomic E-state index is 0.0741. The van der Waals surface area contributed by atoms with Gasteiger partial charge in [0.2, 0.25) is 5.91 Å². The van der Waals surface area contributed by atoms with E-state index < -0.39 is 0 Å². The molecule has 9 nitrogen and oxygen atoms in total. The Morgan fingerprint density at radius 3 is 2.97 bits per heavy atom. The molecule has 3 aromatic rings. The van der Waals surface area contributed by atoms with Crippen LogP contribution in [-0.2, 0) is 14.3 Å². The van der Waals surface area contributed by atoms with E-state index in [-0.39, 0.29) is 12.0 Å². The number of ether oxygens (including phenoxy) is 3. The van der Waals surface area contributed by atoms with Gasteiger partial charge >= 0.3 is 0 Å². The summed E-state index contributed by atoms with van der Waals surface area (Å²) in [5, 5.41) is 7.12. The molecule has 10 heteroatoms. The van der Waals surface area contributed by atoms with Crippen molar-refractivity contribution in [1.29, 1.82) is 0 Å². The predicted molar refractivity (Wildman–Crippen MR) is 146 cm³/mol. The average Bonchev–Trinajstić information content (AvgIpc) is 3.26. The Hall–Kier alpha value is -3.05. The van der Waals surface area contributed by atoms with E-state index in [4.69, 9.17) is 14.2 Å². The number of hydrogen-bond donors (Lipinski definition) is 2. The van der Waals surface area contributed by atoms with E-state index in [2.05, 4.69) is 41.4 Å². The SMILES string of the molecule is O=C(/C=C/CN1CCCOCC1)Nc1cc2c(Nc3cccc(Br)c3)ncnc2cc1O[C@H]1CCOC1. The number of rotatable bonds is 8. The largest absolute Gasteiger partial charge is 0.486 e. The molecule has 0 spiro atoms. The fourth-order valence-electron chi connectivity index (χ4n) is 4.33. The third-order valence-electron chi connectivity index (χ3n) is 6.21. The second-order valence-corrected chi connectivity index (χ2v) is 9.90. The quantitative estimate of drug-likeness (QED) is 0.383. The van der Waals surface area contributed by atoms with E-state index in [0.717, 1.165) is 54.7 Å². The lowest BCUT2D eigenvalue weighted by Crippen LogP contribution is -2.26. The summed E-state index contributed by atoms with van der Waals surface area (Å²) in [6.45, 7) is 5.22. The van der Waals surface area contributed by atoms with Crippen LogP contribution in [0.2, 0.25) is 0 Å². The van der Waals surface area contributed by atoms with E-state index in [0.29, 0.717) is 42.5 Å². The van der Waals surface area contributed by atoms with E-state index in [1.807, 2.05) is 42.5 Å². The van der Waals surface area contributed by atoms with Crippen LogP contribution in [0.4, 0.5) is 17.2 Å². The molecular formula is C27H30BrN5O4. The normalized spacial score (nSPS) is 18.7. The fourth-order valence-corrected chi connectivity index (χ4v) is 4.73. The van der Waals surface area contributed by atoms with Gasteiger partial charge in [0.1, 0.15) is 24.0 Å². The minimum atomic E-state index is -0.226. The van der Waals surface area contributed by atoms with Gasteiger partial charge in [-0.2, -0.15) is 0 Å². The Morgan fingerprint density at radius 1 is 1.16 bits per heavy atom. The molecule has 2 N–H and O–H groups in total. The summed E-state index contributed by atoms with van der Waals surface area (Å²) in [6, 6.07) is 11.5. The van der Waals surface area contributed by atoms with E-state index in [9.17, 15) is 4.79 Å². The number of fused-ring (bicyclic) bond motifs is 1. The van der Waals surface area contributed by atoms with Crippen molar-refractivity contribution in [3.8, 4) is 5.75 Å². The third kappa shape index (κ3) is 7.04. The first kappa shape index (κ1) is 25.6. The topological polar surface area (TPSA) is 97.8 Å². The van der Waals surface area contributed by atoms with Gasteiger partial charge in [0.25, 0.3) is 0 Å². The van der Waals surface area contributed by atoms with Crippen molar-refractivity contribution in [2.45, 2.75) is 18.9 Å². The summed E-state index contributed by atoms with van der Waals surface area (Å²) in [5.74, 6) is 0.964. The molecule has 5 rings (SSSR count). The molecule has 194 valence electrons. The molecule has 3 heterocycles. The molecule has 0 aliphatic carbocycles. The van der Waals surface area contributed by atoms with Crippen LogP contribution in [0.3, 0.4) is 0 Å². The summed E-state index contributed by atoms with van der Waals surface area (Å²) in [6.07, 6.45) is 6.69. The zero-order valence-electron chi connectivity index (χ0n) is 20.5. The summed E-state index contributed by atoms with van der Waals surface area (Å²) < 4.78 is 18.2. The number of benzene rings is 2. The maximum absolute atomic E-state index is 12.9. The van der Waals surface area contributed by atoms with Crippen molar-refractivity contribution in [3.63, 3.8) is 0 Å². The summed E-state index contributed by atoms with van der Waals surface area (Å²) in [7, 11) is 0. The van der Waals surface area contributed by atoms with Crippen LogP contribution in [0.25, 0.3) is 10.9 Å². The number of carbonyl (C=O) groups is 1. The Morgan fingerprint density at radius 2 is 2.11 bits per heavy atom. The van der Waals surface area contributed by atoms with Crippen LogP contribution in [0.1, 0.15) is 12.8 Å².